The average molecular weight is 304 g/mol. The zero-order valence-corrected chi connectivity index (χ0v) is 12.5. The van der Waals surface area contributed by atoms with Crippen molar-refractivity contribution >= 4 is 17.2 Å². The Morgan fingerprint density at radius 1 is 1.38 bits per heavy atom. The maximum atomic E-state index is 14.3. The topological polar surface area (TPSA) is 46.3 Å². The van der Waals surface area contributed by atoms with Gasteiger partial charge >= 0.3 is 0 Å². The highest BCUT2D eigenvalue weighted by Crippen LogP contribution is 2.25. The Balaban J connectivity index is 1.81. The second kappa shape index (κ2) is 5.95. The molecule has 21 heavy (non-hydrogen) atoms. The van der Waals surface area contributed by atoms with Crippen LogP contribution in [0.25, 0.3) is 0 Å². The number of hydrogen-bond acceptors (Lipinski definition) is 3. The van der Waals surface area contributed by atoms with E-state index in [-0.39, 0.29) is 5.56 Å². The smallest absolute Gasteiger partial charge is 0.251 e. The maximum Gasteiger partial charge on any atom is 0.251 e. The third-order valence-electron chi connectivity index (χ3n) is 3.85. The molecule has 0 saturated carbocycles. The van der Waals surface area contributed by atoms with E-state index in [2.05, 4.69) is 16.3 Å². The molecule has 1 aromatic carbocycles. The number of thiophene rings is 1. The van der Waals surface area contributed by atoms with Gasteiger partial charge in [-0.25, -0.2) is 4.39 Å². The second-order valence-corrected chi connectivity index (χ2v) is 6.33. The molecule has 0 spiro atoms. The molecule has 3 nitrogen and oxygen atoms in total. The quantitative estimate of drug-likeness (QED) is 0.947. The molecular formula is C16H17FN2OS. The Morgan fingerprint density at radius 2 is 2.24 bits per heavy atom. The molecule has 1 aliphatic rings. The lowest BCUT2D eigenvalue weighted by atomic mass is 10.1. The summed E-state index contributed by atoms with van der Waals surface area (Å²) in [5.41, 5.74) is 7.04. The zero-order chi connectivity index (χ0) is 14.8. The molecule has 0 radical (unpaired) electrons. The van der Waals surface area contributed by atoms with Gasteiger partial charge in [-0.1, -0.05) is 12.1 Å². The van der Waals surface area contributed by atoms with Crippen molar-refractivity contribution in [1.82, 2.24) is 4.90 Å². The summed E-state index contributed by atoms with van der Waals surface area (Å²) < 4.78 is 14.3. The number of amides is 1. The summed E-state index contributed by atoms with van der Waals surface area (Å²) >= 11 is 1.79. The van der Waals surface area contributed by atoms with Gasteiger partial charge in [0, 0.05) is 23.5 Å². The van der Waals surface area contributed by atoms with Crippen LogP contribution in [0, 0.1) is 5.82 Å². The summed E-state index contributed by atoms with van der Waals surface area (Å²) in [6.07, 6.45) is 2.16. The van der Waals surface area contributed by atoms with E-state index < -0.39 is 11.7 Å². The molecule has 2 heterocycles. The molecule has 0 fully saturated rings. The fourth-order valence-electron chi connectivity index (χ4n) is 2.78. The van der Waals surface area contributed by atoms with Gasteiger partial charge in [-0.05, 0) is 42.5 Å². The summed E-state index contributed by atoms with van der Waals surface area (Å²) in [7, 11) is 0. The third-order valence-corrected chi connectivity index (χ3v) is 4.87. The molecule has 1 aromatic heterocycles. The van der Waals surface area contributed by atoms with Gasteiger partial charge in [0.1, 0.15) is 5.82 Å². The lowest BCUT2D eigenvalue weighted by molar-refractivity contribution is 0.0996. The van der Waals surface area contributed by atoms with Gasteiger partial charge in [0.05, 0.1) is 5.56 Å². The third kappa shape index (κ3) is 2.99. The van der Waals surface area contributed by atoms with Crippen molar-refractivity contribution in [3.63, 3.8) is 0 Å². The van der Waals surface area contributed by atoms with Gasteiger partial charge in [0.25, 0.3) is 5.91 Å². The van der Waals surface area contributed by atoms with E-state index in [1.54, 1.807) is 23.5 Å². The predicted molar refractivity (Wildman–Crippen MR) is 81.7 cm³/mol. The number of aryl methyl sites for hydroxylation is 1. The monoisotopic (exact) mass is 304 g/mol. The van der Waals surface area contributed by atoms with Crippen molar-refractivity contribution in [3.8, 4) is 0 Å². The van der Waals surface area contributed by atoms with Crippen molar-refractivity contribution in [2.75, 3.05) is 6.54 Å². The SMILES string of the molecule is NC(=O)c1cccc(CN2CCCc3sccc3C2)c1F. The predicted octanol–water partition coefficient (Wildman–Crippen LogP) is 2.93. The normalized spacial score (nSPS) is 15.5. The molecule has 0 atom stereocenters. The van der Waals surface area contributed by atoms with Gasteiger partial charge < -0.3 is 5.73 Å². The zero-order valence-electron chi connectivity index (χ0n) is 11.6. The molecule has 110 valence electrons. The summed E-state index contributed by atoms with van der Waals surface area (Å²) in [4.78, 5) is 14.9. The number of hydrogen-bond donors (Lipinski definition) is 1. The fourth-order valence-corrected chi connectivity index (χ4v) is 3.72. The molecule has 2 aromatic rings. The van der Waals surface area contributed by atoms with E-state index in [9.17, 15) is 9.18 Å². The van der Waals surface area contributed by atoms with E-state index in [0.717, 1.165) is 25.9 Å². The number of benzene rings is 1. The lowest BCUT2D eigenvalue weighted by Gasteiger charge is -2.20. The number of nitrogens with two attached hydrogens (primary N) is 1. The molecule has 5 heteroatoms. The number of carbonyl (C=O) groups excluding carboxylic acids is 1. The first-order chi connectivity index (χ1) is 10.1. The van der Waals surface area contributed by atoms with Gasteiger partial charge in [-0.2, -0.15) is 0 Å². The van der Waals surface area contributed by atoms with E-state index >= 15 is 0 Å². The first-order valence-corrected chi connectivity index (χ1v) is 7.88. The van der Waals surface area contributed by atoms with Crippen molar-refractivity contribution in [1.29, 1.82) is 0 Å². The Kier molecular flexibility index (Phi) is 4.03. The molecule has 0 aliphatic carbocycles. The summed E-state index contributed by atoms with van der Waals surface area (Å²) in [6.45, 7) is 2.27. The van der Waals surface area contributed by atoms with Crippen molar-refractivity contribution in [2.45, 2.75) is 25.9 Å². The Labute approximate surface area is 127 Å². The number of nitrogens with zero attached hydrogens (tertiary/aromatic N) is 1. The standard InChI is InChI=1S/C16H17FN2OS/c17-15-12(3-1-4-13(15)16(18)20)10-19-7-2-5-14-11(9-19)6-8-21-14/h1,3-4,6,8H,2,5,7,9-10H2,(H2,18,20). The van der Waals surface area contributed by atoms with Crippen LogP contribution in [0.3, 0.4) is 0 Å². The fraction of sp³-hybridized carbons (Fsp3) is 0.312. The van der Waals surface area contributed by atoms with E-state index in [0.29, 0.717) is 12.1 Å². The Morgan fingerprint density at radius 3 is 3.05 bits per heavy atom. The van der Waals surface area contributed by atoms with Crippen molar-refractivity contribution in [3.05, 3.63) is 57.0 Å². The minimum absolute atomic E-state index is 0.0291. The minimum atomic E-state index is -0.717. The number of carbonyl (C=O) groups is 1. The molecule has 0 unspecified atom stereocenters. The number of fused-ring (bicyclic) bond motifs is 1. The van der Waals surface area contributed by atoms with Gasteiger partial charge in [-0.15, -0.1) is 11.3 Å². The van der Waals surface area contributed by atoms with Crippen LogP contribution in [0.5, 0.6) is 0 Å². The van der Waals surface area contributed by atoms with Crippen LogP contribution in [0.15, 0.2) is 29.6 Å². The average Bonchev–Trinajstić information content (AvgIpc) is 2.79. The Hall–Kier alpha value is -1.72. The molecular weight excluding hydrogens is 287 g/mol. The van der Waals surface area contributed by atoms with E-state index in [1.807, 2.05) is 0 Å². The van der Waals surface area contributed by atoms with Crippen LogP contribution in [0.1, 0.15) is 32.8 Å². The van der Waals surface area contributed by atoms with Crippen LogP contribution >= 0.6 is 11.3 Å². The highest BCUT2D eigenvalue weighted by atomic mass is 32.1. The molecule has 0 bridgehead atoms. The summed E-state index contributed by atoms with van der Waals surface area (Å²) in [5, 5.41) is 2.11. The van der Waals surface area contributed by atoms with Gasteiger partial charge in [0.2, 0.25) is 0 Å². The van der Waals surface area contributed by atoms with Crippen LogP contribution in [-0.2, 0) is 19.5 Å². The maximum absolute atomic E-state index is 14.3. The van der Waals surface area contributed by atoms with Gasteiger partial charge in [0.15, 0.2) is 0 Å². The largest absolute Gasteiger partial charge is 0.366 e. The number of halogens is 1. The van der Waals surface area contributed by atoms with Crippen molar-refractivity contribution < 1.29 is 9.18 Å². The first-order valence-electron chi connectivity index (χ1n) is 7.00. The summed E-state index contributed by atoms with van der Waals surface area (Å²) in [5.74, 6) is -1.20. The van der Waals surface area contributed by atoms with Crippen LogP contribution in [0.4, 0.5) is 4.39 Å². The van der Waals surface area contributed by atoms with Gasteiger partial charge in [-0.3, -0.25) is 9.69 Å². The molecule has 3 rings (SSSR count). The highest BCUT2D eigenvalue weighted by Gasteiger charge is 2.18. The van der Waals surface area contributed by atoms with Crippen molar-refractivity contribution in [2.24, 2.45) is 5.73 Å². The molecule has 1 aliphatic heterocycles. The Bertz CT molecular complexity index is 668. The highest BCUT2D eigenvalue weighted by molar-refractivity contribution is 7.10. The lowest BCUT2D eigenvalue weighted by Crippen LogP contribution is -2.24. The van der Waals surface area contributed by atoms with Crippen LogP contribution in [0.2, 0.25) is 0 Å². The minimum Gasteiger partial charge on any atom is -0.366 e. The first kappa shape index (κ1) is 14.2. The number of primary amides is 1. The summed E-state index contributed by atoms with van der Waals surface area (Å²) in [6, 6.07) is 6.99. The molecule has 1 amide bonds. The molecule has 0 saturated heterocycles. The second-order valence-electron chi connectivity index (χ2n) is 5.33. The molecule has 2 N–H and O–H groups in total. The van der Waals surface area contributed by atoms with Crippen LogP contribution in [-0.4, -0.2) is 17.4 Å². The van der Waals surface area contributed by atoms with E-state index in [1.165, 1.54) is 16.5 Å². The van der Waals surface area contributed by atoms with E-state index in [4.69, 9.17) is 5.73 Å². The van der Waals surface area contributed by atoms with Crippen LogP contribution < -0.4 is 5.73 Å². The number of rotatable bonds is 3.